The van der Waals surface area contributed by atoms with Gasteiger partial charge in [0.15, 0.2) is 0 Å². The molecular weight excluding hydrogens is 127 g/mol. The van der Waals surface area contributed by atoms with E-state index < -0.39 is 0 Å². The standard InChI is InChI=1S/C8H19P/c1-4-6-8(3,9)7-5-2/h4-7,9H2,1-3H3. The van der Waals surface area contributed by atoms with Gasteiger partial charge in [-0.3, -0.25) is 0 Å². The van der Waals surface area contributed by atoms with Crippen LogP contribution in [-0.4, -0.2) is 5.16 Å². The summed E-state index contributed by atoms with van der Waals surface area (Å²) in [6.07, 6.45) is 5.29. The highest BCUT2D eigenvalue weighted by atomic mass is 31.0. The largest absolute Gasteiger partial charge is 0.131 e. The third-order valence-electron chi connectivity index (χ3n) is 1.64. The minimum atomic E-state index is 0.517. The van der Waals surface area contributed by atoms with Crippen molar-refractivity contribution in [2.45, 2.75) is 51.6 Å². The van der Waals surface area contributed by atoms with Gasteiger partial charge in [0.25, 0.3) is 0 Å². The molecule has 1 atom stereocenters. The Morgan fingerprint density at radius 3 is 1.67 bits per heavy atom. The first kappa shape index (κ1) is 9.43. The molecule has 9 heavy (non-hydrogen) atoms. The second kappa shape index (κ2) is 4.28. The molecule has 0 aromatic rings. The van der Waals surface area contributed by atoms with Crippen molar-refractivity contribution in [1.29, 1.82) is 0 Å². The molecule has 1 heteroatoms. The molecule has 0 bridgehead atoms. The maximum atomic E-state index is 2.96. The van der Waals surface area contributed by atoms with Crippen LogP contribution in [0.25, 0.3) is 0 Å². The van der Waals surface area contributed by atoms with Gasteiger partial charge in [-0.15, -0.1) is 9.24 Å². The van der Waals surface area contributed by atoms with Crippen LogP contribution in [0.4, 0.5) is 0 Å². The van der Waals surface area contributed by atoms with Crippen LogP contribution >= 0.6 is 9.24 Å². The van der Waals surface area contributed by atoms with Crippen LogP contribution in [0.15, 0.2) is 0 Å². The summed E-state index contributed by atoms with van der Waals surface area (Å²) in [5.74, 6) is 0. The Balaban J connectivity index is 3.43. The SMILES string of the molecule is CCCC(C)(P)CCC. The summed E-state index contributed by atoms with van der Waals surface area (Å²) >= 11 is 0. The maximum Gasteiger partial charge on any atom is -0.0178 e. The van der Waals surface area contributed by atoms with Gasteiger partial charge in [0, 0.05) is 0 Å². The summed E-state index contributed by atoms with van der Waals surface area (Å²) in [6, 6.07) is 0. The molecule has 0 amide bonds. The van der Waals surface area contributed by atoms with Gasteiger partial charge in [-0.1, -0.05) is 33.6 Å². The molecule has 0 saturated heterocycles. The van der Waals surface area contributed by atoms with E-state index in [9.17, 15) is 0 Å². The molecular formula is C8H19P. The van der Waals surface area contributed by atoms with Crippen molar-refractivity contribution in [3.8, 4) is 0 Å². The Hall–Kier alpha value is 0.430. The van der Waals surface area contributed by atoms with Gasteiger partial charge in [-0.2, -0.15) is 0 Å². The van der Waals surface area contributed by atoms with E-state index in [0.717, 1.165) is 0 Å². The average Bonchev–Trinajstić information content (AvgIpc) is 1.64. The summed E-state index contributed by atoms with van der Waals surface area (Å²) < 4.78 is 0. The fourth-order valence-electron chi connectivity index (χ4n) is 1.27. The van der Waals surface area contributed by atoms with Crippen LogP contribution in [-0.2, 0) is 0 Å². The van der Waals surface area contributed by atoms with E-state index in [4.69, 9.17) is 0 Å². The molecule has 0 aromatic heterocycles. The topological polar surface area (TPSA) is 0 Å². The number of hydrogen-bond donors (Lipinski definition) is 0. The van der Waals surface area contributed by atoms with Gasteiger partial charge in [0.2, 0.25) is 0 Å². The highest BCUT2D eigenvalue weighted by molar-refractivity contribution is 7.18. The Labute approximate surface area is 61.6 Å². The van der Waals surface area contributed by atoms with Crippen molar-refractivity contribution in [2.75, 3.05) is 0 Å². The first-order chi connectivity index (χ1) is 4.12. The minimum Gasteiger partial charge on any atom is -0.131 e. The molecule has 0 aliphatic heterocycles. The van der Waals surface area contributed by atoms with Crippen molar-refractivity contribution in [3.63, 3.8) is 0 Å². The van der Waals surface area contributed by atoms with Gasteiger partial charge in [0.05, 0.1) is 0 Å². The lowest BCUT2D eigenvalue weighted by Gasteiger charge is -2.22. The van der Waals surface area contributed by atoms with Crippen LogP contribution in [0.5, 0.6) is 0 Å². The van der Waals surface area contributed by atoms with Gasteiger partial charge in [0.1, 0.15) is 0 Å². The quantitative estimate of drug-likeness (QED) is 0.534. The van der Waals surface area contributed by atoms with Crippen LogP contribution in [0.1, 0.15) is 46.5 Å². The molecule has 0 radical (unpaired) electrons. The van der Waals surface area contributed by atoms with E-state index in [-0.39, 0.29) is 0 Å². The Morgan fingerprint density at radius 2 is 1.44 bits per heavy atom. The summed E-state index contributed by atoms with van der Waals surface area (Å²) in [5, 5.41) is 0.517. The maximum absolute atomic E-state index is 2.96. The van der Waals surface area contributed by atoms with E-state index in [2.05, 4.69) is 30.0 Å². The summed E-state index contributed by atoms with van der Waals surface area (Å²) in [5.41, 5.74) is 0. The molecule has 0 N–H and O–H groups in total. The third kappa shape index (κ3) is 4.90. The molecule has 0 nitrogen and oxygen atoms in total. The van der Waals surface area contributed by atoms with Crippen molar-refractivity contribution in [3.05, 3.63) is 0 Å². The minimum absolute atomic E-state index is 0.517. The zero-order valence-electron chi connectivity index (χ0n) is 6.91. The first-order valence-electron chi connectivity index (χ1n) is 3.91. The van der Waals surface area contributed by atoms with Crippen LogP contribution in [0, 0.1) is 0 Å². The number of hydrogen-bond acceptors (Lipinski definition) is 0. The smallest absolute Gasteiger partial charge is 0.0178 e. The van der Waals surface area contributed by atoms with Crippen LogP contribution in [0.3, 0.4) is 0 Å². The second-order valence-corrected chi connectivity index (χ2v) is 4.55. The van der Waals surface area contributed by atoms with Crippen molar-refractivity contribution < 1.29 is 0 Å². The van der Waals surface area contributed by atoms with E-state index in [0.29, 0.717) is 5.16 Å². The zero-order chi connectivity index (χ0) is 7.33. The normalized spacial score (nSPS) is 12.0. The molecule has 0 rings (SSSR count). The molecule has 56 valence electrons. The molecule has 0 spiro atoms. The molecule has 0 fully saturated rings. The van der Waals surface area contributed by atoms with E-state index in [1.54, 1.807) is 0 Å². The fraction of sp³-hybridized carbons (Fsp3) is 1.00. The summed E-state index contributed by atoms with van der Waals surface area (Å²) in [6.45, 7) is 6.82. The predicted molar refractivity (Wildman–Crippen MR) is 47.9 cm³/mol. The first-order valence-corrected chi connectivity index (χ1v) is 4.49. The Morgan fingerprint density at radius 1 is 1.11 bits per heavy atom. The van der Waals surface area contributed by atoms with Gasteiger partial charge >= 0.3 is 0 Å². The fourth-order valence-corrected chi connectivity index (χ4v) is 1.84. The third-order valence-corrected chi connectivity index (χ3v) is 2.22. The lowest BCUT2D eigenvalue weighted by atomic mass is 10.00. The summed E-state index contributed by atoms with van der Waals surface area (Å²) in [7, 11) is 2.96. The molecule has 0 aromatic carbocycles. The van der Waals surface area contributed by atoms with Crippen LogP contribution < -0.4 is 0 Å². The molecule has 0 aliphatic rings. The number of rotatable bonds is 4. The molecule has 0 saturated carbocycles. The highest BCUT2D eigenvalue weighted by Gasteiger charge is 2.14. The van der Waals surface area contributed by atoms with Crippen molar-refractivity contribution >= 4 is 9.24 Å². The average molecular weight is 146 g/mol. The van der Waals surface area contributed by atoms with E-state index >= 15 is 0 Å². The second-order valence-electron chi connectivity index (χ2n) is 3.15. The van der Waals surface area contributed by atoms with Crippen molar-refractivity contribution in [1.82, 2.24) is 0 Å². The molecule has 0 aliphatic carbocycles. The monoisotopic (exact) mass is 146 g/mol. The Bertz CT molecular complexity index is 59.0. The lowest BCUT2D eigenvalue weighted by Crippen LogP contribution is -2.13. The van der Waals surface area contributed by atoms with Gasteiger partial charge in [-0.25, -0.2) is 0 Å². The molecule has 1 unspecified atom stereocenters. The lowest BCUT2D eigenvalue weighted by molar-refractivity contribution is 0.528. The van der Waals surface area contributed by atoms with E-state index in [1.165, 1.54) is 25.7 Å². The van der Waals surface area contributed by atoms with Gasteiger partial charge in [-0.05, 0) is 18.0 Å². The van der Waals surface area contributed by atoms with E-state index in [1.807, 2.05) is 0 Å². The van der Waals surface area contributed by atoms with Gasteiger partial charge < -0.3 is 0 Å². The predicted octanol–water partition coefficient (Wildman–Crippen LogP) is 3.22. The van der Waals surface area contributed by atoms with Crippen molar-refractivity contribution in [2.24, 2.45) is 0 Å². The highest BCUT2D eigenvalue weighted by Crippen LogP contribution is 2.28. The van der Waals surface area contributed by atoms with Crippen LogP contribution in [0.2, 0.25) is 0 Å². The Kier molecular flexibility index (Phi) is 4.48. The summed E-state index contributed by atoms with van der Waals surface area (Å²) in [4.78, 5) is 0. The zero-order valence-corrected chi connectivity index (χ0v) is 8.06. The molecule has 0 heterocycles.